The first-order valence-corrected chi connectivity index (χ1v) is 7.56. The SMILES string of the molecule is CCCC1(S(=O)(=O)C(C)C)CC(C)NN1C. The molecule has 0 spiro atoms. The van der Waals surface area contributed by atoms with E-state index in [-0.39, 0.29) is 11.3 Å². The van der Waals surface area contributed by atoms with Crippen LogP contribution in [0.5, 0.6) is 0 Å². The molecule has 0 saturated carbocycles. The molecule has 1 fully saturated rings. The van der Waals surface area contributed by atoms with Gasteiger partial charge < -0.3 is 0 Å². The Morgan fingerprint density at radius 3 is 2.38 bits per heavy atom. The van der Waals surface area contributed by atoms with Gasteiger partial charge in [0.15, 0.2) is 9.84 Å². The van der Waals surface area contributed by atoms with Crippen molar-refractivity contribution in [1.29, 1.82) is 0 Å². The fraction of sp³-hybridized carbons (Fsp3) is 1.00. The molecule has 0 bridgehead atoms. The zero-order valence-electron chi connectivity index (χ0n) is 10.9. The Bertz CT molecular complexity index is 340. The lowest BCUT2D eigenvalue weighted by Crippen LogP contribution is -2.53. The molecule has 1 aliphatic heterocycles. The summed E-state index contributed by atoms with van der Waals surface area (Å²) in [4.78, 5) is -0.713. The molecule has 1 N–H and O–H groups in total. The number of hydrazine groups is 1. The molecule has 0 aromatic carbocycles. The fourth-order valence-corrected chi connectivity index (χ4v) is 4.94. The van der Waals surface area contributed by atoms with Crippen LogP contribution < -0.4 is 5.43 Å². The van der Waals surface area contributed by atoms with Gasteiger partial charge in [0, 0.05) is 13.1 Å². The van der Waals surface area contributed by atoms with E-state index in [0.29, 0.717) is 12.8 Å². The van der Waals surface area contributed by atoms with Crippen LogP contribution in [0.1, 0.15) is 47.0 Å². The predicted molar refractivity (Wildman–Crippen MR) is 66.7 cm³/mol. The van der Waals surface area contributed by atoms with E-state index in [4.69, 9.17) is 0 Å². The van der Waals surface area contributed by atoms with Gasteiger partial charge in [0.2, 0.25) is 0 Å². The van der Waals surface area contributed by atoms with Crippen molar-refractivity contribution >= 4 is 9.84 Å². The van der Waals surface area contributed by atoms with Gasteiger partial charge in [-0.1, -0.05) is 13.3 Å². The lowest BCUT2D eigenvalue weighted by molar-refractivity contribution is 0.181. The molecule has 96 valence electrons. The third-order valence-corrected chi connectivity index (χ3v) is 6.39. The second-order valence-corrected chi connectivity index (χ2v) is 7.88. The Morgan fingerprint density at radius 2 is 2.06 bits per heavy atom. The summed E-state index contributed by atoms with van der Waals surface area (Å²) in [5.74, 6) is 0. The van der Waals surface area contributed by atoms with Gasteiger partial charge in [0.1, 0.15) is 4.87 Å². The number of nitrogens with zero attached hydrogens (tertiary/aromatic N) is 1. The normalized spacial score (nSPS) is 32.5. The molecule has 2 unspecified atom stereocenters. The maximum atomic E-state index is 12.5. The highest BCUT2D eigenvalue weighted by Gasteiger charge is 2.52. The number of hydrogen-bond donors (Lipinski definition) is 1. The van der Waals surface area contributed by atoms with Crippen molar-refractivity contribution in [3.63, 3.8) is 0 Å². The van der Waals surface area contributed by atoms with Gasteiger partial charge in [-0.05, 0) is 33.6 Å². The van der Waals surface area contributed by atoms with Crippen molar-refractivity contribution in [3.05, 3.63) is 0 Å². The van der Waals surface area contributed by atoms with Crippen LogP contribution >= 0.6 is 0 Å². The second kappa shape index (κ2) is 4.63. The summed E-state index contributed by atoms with van der Waals surface area (Å²) < 4.78 is 25.0. The van der Waals surface area contributed by atoms with Gasteiger partial charge in [-0.2, -0.15) is 0 Å². The molecule has 0 amide bonds. The first-order valence-electron chi connectivity index (χ1n) is 6.01. The number of nitrogens with one attached hydrogen (secondary N) is 1. The average Bonchev–Trinajstić information content (AvgIpc) is 2.43. The minimum Gasteiger partial charge on any atom is -0.251 e. The van der Waals surface area contributed by atoms with Crippen LogP contribution in [0.15, 0.2) is 0 Å². The maximum absolute atomic E-state index is 12.5. The molecule has 1 heterocycles. The molecule has 5 heteroatoms. The Labute approximate surface area is 99.3 Å². The Balaban J connectivity index is 3.17. The highest BCUT2D eigenvalue weighted by molar-refractivity contribution is 7.93. The van der Waals surface area contributed by atoms with Crippen molar-refractivity contribution in [2.24, 2.45) is 0 Å². The summed E-state index contributed by atoms with van der Waals surface area (Å²) in [6.07, 6.45) is 2.25. The molecule has 0 radical (unpaired) electrons. The smallest absolute Gasteiger partial charge is 0.172 e. The fourth-order valence-electron chi connectivity index (χ4n) is 2.66. The van der Waals surface area contributed by atoms with Crippen LogP contribution in [-0.4, -0.2) is 36.6 Å². The van der Waals surface area contributed by atoms with Gasteiger partial charge in [0.25, 0.3) is 0 Å². The summed E-state index contributed by atoms with van der Waals surface area (Å²) in [5, 5.41) is 1.49. The average molecular weight is 248 g/mol. The zero-order valence-corrected chi connectivity index (χ0v) is 11.8. The number of hydrogen-bond acceptors (Lipinski definition) is 4. The van der Waals surface area contributed by atoms with E-state index >= 15 is 0 Å². The quantitative estimate of drug-likeness (QED) is 0.820. The molecule has 1 rings (SSSR count). The Kier molecular flexibility index (Phi) is 4.03. The molecule has 4 nitrogen and oxygen atoms in total. The molecule has 1 aliphatic rings. The van der Waals surface area contributed by atoms with E-state index in [9.17, 15) is 8.42 Å². The summed E-state index contributed by atoms with van der Waals surface area (Å²) in [6, 6.07) is 0.227. The summed E-state index contributed by atoms with van der Waals surface area (Å²) >= 11 is 0. The van der Waals surface area contributed by atoms with E-state index < -0.39 is 14.7 Å². The molecule has 0 aromatic rings. The lowest BCUT2D eigenvalue weighted by atomic mass is 10.1. The van der Waals surface area contributed by atoms with Crippen LogP contribution in [0.4, 0.5) is 0 Å². The third-order valence-electron chi connectivity index (χ3n) is 3.44. The maximum Gasteiger partial charge on any atom is 0.172 e. The van der Waals surface area contributed by atoms with E-state index in [1.807, 2.05) is 25.9 Å². The van der Waals surface area contributed by atoms with Crippen LogP contribution in [0.2, 0.25) is 0 Å². The first kappa shape index (κ1) is 13.9. The standard InChI is InChI=1S/C11H24N2O2S/c1-6-7-11(16(14,15)9(2)3)8-10(4)12-13(11)5/h9-10,12H,6-8H2,1-5H3. The highest BCUT2D eigenvalue weighted by atomic mass is 32.2. The van der Waals surface area contributed by atoms with Crippen molar-refractivity contribution in [3.8, 4) is 0 Å². The molecular formula is C11H24N2O2S. The monoisotopic (exact) mass is 248 g/mol. The van der Waals surface area contributed by atoms with Crippen LogP contribution in [0, 0.1) is 0 Å². The topological polar surface area (TPSA) is 49.4 Å². The molecule has 0 aromatic heterocycles. The van der Waals surface area contributed by atoms with Crippen molar-refractivity contribution in [2.45, 2.75) is 63.1 Å². The summed E-state index contributed by atoms with van der Waals surface area (Å²) in [7, 11) is -1.27. The molecule has 1 saturated heterocycles. The van der Waals surface area contributed by atoms with Crippen LogP contribution in [-0.2, 0) is 9.84 Å². The molecule has 0 aliphatic carbocycles. The van der Waals surface area contributed by atoms with E-state index in [1.165, 1.54) is 0 Å². The second-order valence-electron chi connectivity index (χ2n) is 5.08. The number of sulfone groups is 1. The minimum absolute atomic E-state index is 0.227. The Morgan fingerprint density at radius 1 is 1.50 bits per heavy atom. The number of rotatable bonds is 4. The van der Waals surface area contributed by atoms with Gasteiger partial charge in [0.05, 0.1) is 5.25 Å². The summed E-state index contributed by atoms with van der Waals surface area (Å²) in [6.45, 7) is 7.60. The van der Waals surface area contributed by atoms with Gasteiger partial charge in [-0.15, -0.1) is 0 Å². The van der Waals surface area contributed by atoms with Crippen LogP contribution in [0.3, 0.4) is 0 Å². The lowest BCUT2D eigenvalue weighted by Gasteiger charge is -2.36. The molecule has 16 heavy (non-hydrogen) atoms. The van der Waals surface area contributed by atoms with E-state index in [1.54, 1.807) is 13.8 Å². The summed E-state index contributed by atoms with van der Waals surface area (Å²) in [5.41, 5.74) is 3.21. The molecular weight excluding hydrogens is 224 g/mol. The van der Waals surface area contributed by atoms with Crippen molar-refractivity contribution in [2.75, 3.05) is 7.05 Å². The largest absolute Gasteiger partial charge is 0.251 e. The van der Waals surface area contributed by atoms with E-state index in [2.05, 4.69) is 5.43 Å². The molecule has 2 atom stereocenters. The zero-order chi connectivity index (χ0) is 12.6. The van der Waals surface area contributed by atoms with Gasteiger partial charge >= 0.3 is 0 Å². The van der Waals surface area contributed by atoms with Crippen LogP contribution in [0.25, 0.3) is 0 Å². The van der Waals surface area contributed by atoms with Crippen molar-refractivity contribution in [1.82, 2.24) is 10.4 Å². The third kappa shape index (κ3) is 2.00. The van der Waals surface area contributed by atoms with Gasteiger partial charge in [-0.25, -0.2) is 13.4 Å². The first-order chi connectivity index (χ1) is 7.28. The predicted octanol–water partition coefficient (Wildman–Crippen LogP) is 1.53. The minimum atomic E-state index is -3.12. The van der Waals surface area contributed by atoms with E-state index in [0.717, 1.165) is 6.42 Å². The van der Waals surface area contributed by atoms with Crippen molar-refractivity contribution < 1.29 is 8.42 Å². The Hall–Kier alpha value is -0.130. The van der Waals surface area contributed by atoms with Gasteiger partial charge in [-0.3, -0.25) is 5.43 Å². The highest BCUT2D eigenvalue weighted by Crippen LogP contribution is 2.37.